The second kappa shape index (κ2) is 12.0. The van der Waals surface area contributed by atoms with Crippen LogP contribution >= 0.6 is 11.6 Å². The number of nitrogens with zero attached hydrogens (tertiary/aromatic N) is 4. The predicted molar refractivity (Wildman–Crippen MR) is 167 cm³/mol. The Morgan fingerprint density at radius 2 is 1.81 bits per heavy atom. The highest BCUT2D eigenvalue weighted by Gasteiger charge is 2.34. The molecule has 0 bridgehead atoms. The van der Waals surface area contributed by atoms with E-state index in [4.69, 9.17) is 26.2 Å². The van der Waals surface area contributed by atoms with E-state index in [0.29, 0.717) is 41.0 Å². The number of furan rings is 1. The number of amides is 1. The number of hydrogen-bond donors (Lipinski definition) is 1. The molecule has 0 aliphatic carbocycles. The molecule has 43 heavy (non-hydrogen) atoms. The summed E-state index contributed by atoms with van der Waals surface area (Å²) in [5.41, 5.74) is 10.6. The lowest BCUT2D eigenvalue weighted by molar-refractivity contribution is 0.0720. The van der Waals surface area contributed by atoms with Crippen LogP contribution < -0.4 is 5.73 Å². The first-order valence-corrected chi connectivity index (χ1v) is 14.6. The summed E-state index contributed by atoms with van der Waals surface area (Å²) in [5.74, 6) is 1.16. The summed E-state index contributed by atoms with van der Waals surface area (Å²) in [5, 5.41) is 9.01. The number of halogens is 1. The van der Waals surface area contributed by atoms with Crippen molar-refractivity contribution in [3.05, 3.63) is 118 Å². The van der Waals surface area contributed by atoms with Gasteiger partial charge in [-0.25, -0.2) is 0 Å². The van der Waals surface area contributed by atoms with Gasteiger partial charge in [0.2, 0.25) is 11.8 Å². The van der Waals surface area contributed by atoms with Gasteiger partial charge in [-0.3, -0.25) is 9.79 Å². The molecule has 8 nitrogen and oxygen atoms in total. The Hall–Kier alpha value is -4.53. The van der Waals surface area contributed by atoms with E-state index < -0.39 is 5.54 Å². The molecule has 1 amide bonds. The van der Waals surface area contributed by atoms with Gasteiger partial charge in [-0.05, 0) is 84.8 Å². The molecule has 5 aromatic rings. The van der Waals surface area contributed by atoms with E-state index in [9.17, 15) is 4.79 Å². The molecule has 6 rings (SSSR count). The lowest BCUT2D eigenvalue weighted by Gasteiger charge is -2.24. The number of aliphatic imine (C=N–C) groups is 1. The minimum absolute atomic E-state index is 0.118. The first-order valence-electron chi connectivity index (χ1n) is 14.2. The van der Waals surface area contributed by atoms with E-state index in [1.807, 2.05) is 84.6 Å². The molecular weight excluding hydrogens is 562 g/mol. The number of carbonyl (C=O) groups excluding carboxylic acids is 1. The third-order valence-corrected chi connectivity index (χ3v) is 7.93. The molecule has 3 heterocycles. The second-order valence-corrected chi connectivity index (χ2v) is 11.4. The van der Waals surface area contributed by atoms with Crippen LogP contribution in [0.4, 0.5) is 0 Å². The molecule has 218 valence electrons. The van der Waals surface area contributed by atoms with E-state index in [1.165, 1.54) is 0 Å². The highest BCUT2D eigenvalue weighted by atomic mass is 35.5. The van der Waals surface area contributed by atoms with Crippen LogP contribution in [-0.2, 0) is 12.0 Å². The Bertz CT molecular complexity index is 1780. The average Bonchev–Trinajstić information content (AvgIpc) is 3.79. The SMILES string of the molecule is CN=Cc1ccccc1-c1cc(C(=O)N2CCCC2c2ccc(Cl)o2)cc(-c2nnc([C@@](C)(N)Cc3ccccc3)o2)c1. The number of rotatable bonds is 8. The zero-order valence-electron chi connectivity index (χ0n) is 24.0. The number of nitrogens with two attached hydrogens (primary N) is 1. The minimum atomic E-state index is -0.889. The van der Waals surface area contributed by atoms with Crippen LogP contribution in [0.2, 0.25) is 5.22 Å². The molecule has 0 spiro atoms. The maximum Gasteiger partial charge on any atom is 0.254 e. The summed E-state index contributed by atoms with van der Waals surface area (Å²) in [7, 11) is 1.73. The molecule has 1 unspecified atom stereocenters. The Kier molecular flexibility index (Phi) is 7.97. The topological polar surface area (TPSA) is 111 Å². The molecule has 2 atom stereocenters. The van der Waals surface area contributed by atoms with Crippen LogP contribution in [0.5, 0.6) is 0 Å². The molecule has 9 heteroatoms. The Labute approximate surface area is 255 Å². The maximum atomic E-state index is 14.1. The van der Waals surface area contributed by atoms with Crippen molar-refractivity contribution in [1.29, 1.82) is 0 Å². The lowest BCUT2D eigenvalue weighted by Crippen LogP contribution is -2.35. The monoisotopic (exact) mass is 593 g/mol. The van der Waals surface area contributed by atoms with Gasteiger partial charge in [-0.15, -0.1) is 10.2 Å². The summed E-state index contributed by atoms with van der Waals surface area (Å²) in [6.07, 6.45) is 3.98. The number of likely N-dealkylation sites (tertiary alicyclic amines) is 1. The molecule has 3 aromatic carbocycles. The number of carbonyl (C=O) groups is 1. The van der Waals surface area contributed by atoms with Crippen molar-refractivity contribution in [2.24, 2.45) is 10.7 Å². The lowest BCUT2D eigenvalue weighted by atomic mass is 9.94. The van der Waals surface area contributed by atoms with Crippen LogP contribution in [0.15, 0.2) is 98.8 Å². The standard InChI is InChI=1S/C34H32ClN5O3/c1-34(36,20-22-9-4-3-5-10-22)33-39-38-31(43-33)25-17-24(27-12-7-6-11-23(27)21-37-2)18-26(19-25)32(41)40-16-8-13-28(40)29-14-15-30(35)42-29/h3-7,9-12,14-15,17-19,21,28H,8,13,16,20,36H2,1-2H3/t28?,34-/m0/s1. The summed E-state index contributed by atoms with van der Waals surface area (Å²) < 4.78 is 11.9. The van der Waals surface area contributed by atoms with E-state index in [1.54, 1.807) is 25.4 Å². The quantitative estimate of drug-likeness (QED) is 0.192. The first kappa shape index (κ1) is 28.6. The molecular formula is C34H32ClN5O3. The zero-order chi connectivity index (χ0) is 30.0. The summed E-state index contributed by atoms with van der Waals surface area (Å²) in [4.78, 5) is 20.2. The normalized spacial score (nSPS) is 16.6. The number of aromatic nitrogens is 2. The van der Waals surface area contributed by atoms with Crippen molar-refractivity contribution in [1.82, 2.24) is 15.1 Å². The smallest absolute Gasteiger partial charge is 0.254 e. The molecule has 2 N–H and O–H groups in total. The van der Waals surface area contributed by atoms with Gasteiger partial charge >= 0.3 is 0 Å². The van der Waals surface area contributed by atoms with Gasteiger partial charge in [0.1, 0.15) is 5.76 Å². The maximum absolute atomic E-state index is 14.1. The fourth-order valence-electron chi connectivity index (χ4n) is 5.69. The average molecular weight is 594 g/mol. The molecule has 1 aliphatic heterocycles. The fraction of sp³-hybridized carbons (Fsp3) is 0.235. The van der Waals surface area contributed by atoms with Crippen LogP contribution in [0.25, 0.3) is 22.6 Å². The molecule has 0 saturated carbocycles. The molecule has 2 aromatic heterocycles. The van der Waals surface area contributed by atoms with Crippen molar-refractivity contribution < 1.29 is 13.6 Å². The van der Waals surface area contributed by atoms with Gasteiger partial charge in [0.05, 0.1) is 11.6 Å². The van der Waals surface area contributed by atoms with Crippen LogP contribution in [0, 0.1) is 0 Å². The number of hydrogen-bond acceptors (Lipinski definition) is 7. The van der Waals surface area contributed by atoms with Crippen LogP contribution in [-0.4, -0.2) is 40.8 Å². The van der Waals surface area contributed by atoms with Crippen molar-refractivity contribution >= 4 is 23.7 Å². The third kappa shape index (κ3) is 6.02. The predicted octanol–water partition coefficient (Wildman–Crippen LogP) is 7.09. The molecule has 1 aliphatic rings. The van der Waals surface area contributed by atoms with Gasteiger partial charge in [-0.1, -0.05) is 54.6 Å². The molecule has 0 radical (unpaired) electrons. The minimum Gasteiger partial charge on any atom is -0.448 e. The second-order valence-electron chi connectivity index (χ2n) is 11.1. The van der Waals surface area contributed by atoms with Crippen molar-refractivity contribution in [3.8, 4) is 22.6 Å². The van der Waals surface area contributed by atoms with E-state index in [0.717, 1.165) is 35.1 Å². The van der Waals surface area contributed by atoms with Crippen molar-refractivity contribution in [2.75, 3.05) is 13.6 Å². The third-order valence-electron chi connectivity index (χ3n) is 7.73. The summed E-state index contributed by atoms with van der Waals surface area (Å²) >= 11 is 6.07. The van der Waals surface area contributed by atoms with E-state index >= 15 is 0 Å². The fourth-order valence-corrected chi connectivity index (χ4v) is 5.84. The highest BCUT2D eigenvalue weighted by Crippen LogP contribution is 2.37. The summed E-state index contributed by atoms with van der Waals surface area (Å²) in [6.45, 7) is 2.48. The van der Waals surface area contributed by atoms with Gasteiger partial charge < -0.3 is 19.5 Å². The Morgan fingerprint density at radius 1 is 1.05 bits per heavy atom. The Balaban J connectivity index is 1.41. The molecule has 1 saturated heterocycles. The van der Waals surface area contributed by atoms with Crippen LogP contribution in [0.1, 0.15) is 58.9 Å². The largest absolute Gasteiger partial charge is 0.448 e. The van der Waals surface area contributed by atoms with Gasteiger partial charge in [-0.2, -0.15) is 0 Å². The number of benzene rings is 3. The molecule has 1 fully saturated rings. The van der Waals surface area contributed by atoms with Crippen LogP contribution in [0.3, 0.4) is 0 Å². The van der Waals surface area contributed by atoms with E-state index in [-0.39, 0.29) is 17.8 Å². The summed E-state index contributed by atoms with van der Waals surface area (Å²) in [6, 6.07) is 26.9. The van der Waals surface area contributed by atoms with Crippen molar-refractivity contribution in [3.63, 3.8) is 0 Å². The Morgan fingerprint density at radius 3 is 2.58 bits per heavy atom. The first-order chi connectivity index (χ1) is 20.8. The van der Waals surface area contributed by atoms with Crippen molar-refractivity contribution in [2.45, 2.75) is 37.8 Å². The van der Waals surface area contributed by atoms with Gasteiger partial charge in [0.15, 0.2) is 5.22 Å². The van der Waals surface area contributed by atoms with Gasteiger partial charge in [0, 0.05) is 36.5 Å². The highest BCUT2D eigenvalue weighted by molar-refractivity contribution is 6.28. The van der Waals surface area contributed by atoms with Gasteiger partial charge in [0.25, 0.3) is 5.91 Å². The van der Waals surface area contributed by atoms with E-state index in [2.05, 4.69) is 15.2 Å². The zero-order valence-corrected chi connectivity index (χ0v) is 24.8.